The summed E-state index contributed by atoms with van der Waals surface area (Å²) < 4.78 is 5.22. The first-order chi connectivity index (χ1) is 7.77. The van der Waals surface area contributed by atoms with Crippen LogP contribution in [0.5, 0.6) is 5.75 Å². The van der Waals surface area contributed by atoms with E-state index in [4.69, 9.17) is 10.5 Å². The van der Waals surface area contributed by atoms with E-state index in [2.05, 4.69) is 5.32 Å². The number of nitrogens with two attached hydrogens (primary N) is 1. The number of carbonyl (C=O) groups excluding carboxylic acids is 1. The lowest BCUT2D eigenvalue weighted by atomic mass is 10.1. The molecule has 0 aromatic heterocycles. The average Bonchev–Trinajstić information content (AvgIpc) is 2.30. The predicted octanol–water partition coefficient (Wildman–Crippen LogP) is 1.12. The topological polar surface area (TPSA) is 64.3 Å². The Morgan fingerprint density at radius 1 is 1.41 bits per heavy atom. The maximum Gasteiger partial charge on any atom is 0.221 e. The molecule has 0 bridgehead atoms. The van der Waals surface area contributed by atoms with Crippen molar-refractivity contribution in [1.82, 2.24) is 5.32 Å². The second-order valence-electron chi connectivity index (χ2n) is 3.45. The Hall–Kier alpha value is -1.26. The second-order valence-corrected chi connectivity index (χ2v) is 3.45. The summed E-state index contributed by atoms with van der Waals surface area (Å²) in [6.45, 7) is 1.000. The monoisotopic (exact) mass is 258 g/mol. The zero-order valence-electron chi connectivity index (χ0n) is 9.94. The molecular weight excluding hydrogens is 240 g/mol. The quantitative estimate of drug-likeness (QED) is 0.804. The third-order valence-electron chi connectivity index (χ3n) is 2.28. The summed E-state index contributed by atoms with van der Waals surface area (Å²) in [5.41, 5.74) is 6.37. The minimum Gasteiger partial charge on any atom is -0.496 e. The molecule has 5 heteroatoms. The number of rotatable bonds is 6. The summed E-state index contributed by atoms with van der Waals surface area (Å²) in [5, 5.41) is 2.81. The zero-order chi connectivity index (χ0) is 11.8. The van der Waals surface area contributed by atoms with E-state index in [0.29, 0.717) is 19.5 Å². The molecule has 3 N–H and O–H groups in total. The van der Waals surface area contributed by atoms with Gasteiger partial charge in [0.2, 0.25) is 5.91 Å². The van der Waals surface area contributed by atoms with Crippen LogP contribution < -0.4 is 15.8 Å². The predicted molar refractivity (Wildman–Crippen MR) is 70.6 cm³/mol. The highest BCUT2D eigenvalue weighted by molar-refractivity contribution is 5.85. The fraction of sp³-hybridized carbons (Fsp3) is 0.417. The van der Waals surface area contributed by atoms with Crippen molar-refractivity contribution in [2.45, 2.75) is 12.8 Å². The number of benzene rings is 1. The Bertz CT molecular complexity index is 345. The highest BCUT2D eigenvalue weighted by atomic mass is 35.5. The molecule has 0 heterocycles. The van der Waals surface area contributed by atoms with Gasteiger partial charge >= 0.3 is 0 Å². The molecule has 17 heavy (non-hydrogen) atoms. The van der Waals surface area contributed by atoms with Crippen LogP contribution in [0.1, 0.15) is 12.0 Å². The van der Waals surface area contributed by atoms with Gasteiger partial charge < -0.3 is 15.8 Å². The zero-order valence-corrected chi connectivity index (χ0v) is 10.8. The fourth-order valence-electron chi connectivity index (χ4n) is 1.47. The molecule has 0 radical (unpaired) electrons. The molecule has 0 aliphatic carbocycles. The molecular formula is C12H19ClN2O2. The van der Waals surface area contributed by atoms with Gasteiger partial charge in [0.15, 0.2) is 0 Å². The van der Waals surface area contributed by atoms with Crippen molar-refractivity contribution in [3.05, 3.63) is 29.8 Å². The standard InChI is InChI=1S/C12H18N2O2.ClH/c1-16-11-5-3-2-4-10(11)7-9-14-12(15)6-8-13;/h2-5H,6-9,13H2,1H3,(H,14,15);1H. The molecule has 4 nitrogen and oxygen atoms in total. The molecule has 0 saturated heterocycles. The van der Waals surface area contributed by atoms with Gasteiger partial charge in [-0.05, 0) is 18.1 Å². The van der Waals surface area contributed by atoms with E-state index in [1.54, 1.807) is 7.11 Å². The van der Waals surface area contributed by atoms with Crippen molar-refractivity contribution in [1.29, 1.82) is 0 Å². The van der Waals surface area contributed by atoms with Gasteiger partial charge in [-0.2, -0.15) is 0 Å². The van der Waals surface area contributed by atoms with Crippen molar-refractivity contribution in [3.63, 3.8) is 0 Å². The maximum absolute atomic E-state index is 11.2. The highest BCUT2D eigenvalue weighted by Gasteiger charge is 2.02. The molecule has 0 unspecified atom stereocenters. The lowest BCUT2D eigenvalue weighted by Crippen LogP contribution is -2.27. The van der Waals surface area contributed by atoms with Crippen molar-refractivity contribution >= 4 is 18.3 Å². The van der Waals surface area contributed by atoms with Crippen LogP contribution >= 0.6 is 12.4 Å². The van der Waals surface area contributed by atoms with Crippen LogP contribution in [0.25, 0.3) is 0 Å². The van der Waals surface area contributed by atoms with E-state index in [0.717, 1.165) is 17.7 Å². The number of para-hydroxylation sites is 1. The van der Waals surface area contributed by atoms with E-state index < -0.39 is 0 Å². The highest BCUT2D eigenvalue weighted by Crippen LogP contribution is 2.17. The summed E-state index contributed by atoms with van der Waals surface area (Å²) in [6, 6.07) is 7.79. The minimum absolute atomic E-state index is 0. The Labute approximate surface area is 108 Å². The van der Waals surface area contributed by atoms with Crippen molar-refractivity contribution in [2.24, 2.45) is 5.73 Å². The van der Waals surface area contributed by atoms with Crippen LogP contribution in [-0.2, 0) is 11.2 Å². The van der Waals surface area contributed by atoms with Gasteiger partial charge in [-0.3, -0.25) is 4.79 Å². The summed E-state index contributed by atoms with van der Waals surface area (Å²) >= 11 is 0. The number of carbonyl (C=O) groups is 1. The van der Waals surface area contributed by atoms with Crippen LogP contribution in [0.2, 0.25) is 0 Å². The number of amides is 1. The summed E-state index contributed by atoms with van der Waals surface area (Å²) in [5.74, 6) is 0.855. The van der Waals surface area contributed by atoms with E-state index in [1.165, 1.54) is 0 Å². The number of halogens is 1. The van der Waals surface area contributed by atoms with Crippen molar-refractivity contribution < 1.29 is 9.53 Å². The van der Waals surface area contributed by atoms with Gasteiger partial charge in [-0.1, -0.05) is 18.2 Å². The van der Waals surface area contributed by atoms with Crippen LogP contribution in [0.15, 0.2) is 24.3 Å². The van der Waals surface area contributed by atoms with Gasteiger partial charge in [0.25, 0.3) is 0 Å². The summed E-state index contributed by atoms with van der Waals surface area (Å²) in [7, 11) is 1.64. The lowest BCUT2D eigenvalue weighted by Gasteiger charge is -2.08. The van der Waals surface area contributed by atoms with Crippen LogP contribution in [-0.4, -0.2) is 26.1 Å². The Morgan fingerprint density at radius 2 is 2.12 bits per heavy atom. The number of methoxy groups -OCH3 is 1. The molecule has 0 atom stereocenters. The molecule has 1 aromatic carbocycles. The van der Waals surface area contributed by atoms with Crippen LogP contribution in [0.4, 0.5) is 0 Å². The van der Waals surface area contributed by atoms with Gasteiger partial charge in [0, 0.05) is 19.5 Å². The SMILES string of the molecule is COc1ccccc1CCNC(=O)CCN.Cl. The average molecular weight is 259 g/mol. The third-order valence-corrected chi connectivity index (χ3v) is 2.28. The number of nitrogens with one attached hydrogen (secondary N) is 1. The van der Waals surface area contributed by atoms with Crippen molar-refractivity contribution in [3.8, 4) is 5.75 Å². The summed E-state index contributed by atoms with van der Waals surface area (Å²) in [4.78, 5) is 11.2. The van der Waals surface area contributed by atoms with Gasteiger partial charge in [0.05, 0.1) is 7.11 Å². The van der Waals surface area contributed by atoms with Gasteiger partial charge in [0.1, 0.15) is 5.75 Å². The molecule has 0 aliphatic heterocycles. The summed E-state index contributed by atoms with van der Waals surface area (Å²) in [6.07, 6.45) is 1.15. The smallest absolute Gasteiger partial charge is 0.221 e. The fourth-order valence-corrected chi connectivity index (χ4v) is 1.47. The Morgan fingerprint density at radius 3 is 2.76 bits per heavy atom. The second kappa shape index (κ2) is 8.84. The van der Waals surface area contributed by atoms with E-state index in [-0.39, 0.29) is 18.3 Å². The normalized spacial score (nSPS) is 9.29. The largest absolute Gasteiger partial charge is 0.496 e. The Kier molecular flexibility index (Phi) is 8.19. The number of hydrogen-bond donors (Lipinski definition) is 2. The number of hydrogen-bond acceptors (Lipinski definition) is 3. The van der Waals surface area contributed by atoms with Crippen LogP contribution in [0.3, 0.4) is 0 Å². The maximum atomic E-state index is 11.2. The molecule has 0 aliphatic rings. The Balaban J connectivity index is 0.00000256. The molecule has 1 amide bonds. The van der Waals surface area contributed by atoms with Gasteiger partial charge in [-0.25, -0.2) is 0 Å². The minimum atomic E-state index is -0.00241. The molecule has 1 aromatic rings. The lowest BCUT2D eigenvalue weighted by molar-refractivity contribution is -0.120. The van der Waals surface area contributed by atoms with E-state index in [9.17, 15) is 4.79 Å². The first-order valence-corrected chi connectivity index (χ1v) is 5.36. The molecule has 1 rings (SSSR count). The first-order valence-electron chi connectivity index (χ1n) is 5.36. The van der Waals surface area contributed by atoms with E-state index in [1.807, 2.05) is 24.3 Å². The third kappa shape index (κ3) is 5.56. The van der Waals surface area contributed by atoms with E-state index >= 15 is 0 Å². The van der Waals surface area contributed by atoms with Crippen molar-refractivity contribution in [2.75, 3.05) is 20.2 Å². The molecule has 0 saturated carbocycles. The first kappa shape index (κ1) is 15.7. The molecule has 0 fully saturated rings. The molecule has 96 valence electrons. The van der Waals surface area contributed by atoms with Gasteiger partial charge in [-0.15, -0.1) is 12.4 Å². The molecule has 0 spiro atoms. The van der Waals surface area contributed by atoms with Crippen LogP contribution in [0, 0.1) is 0 Å². The number of ether oxygens (including phenoxy) is 1.